The number of aromatic nitrogens is 4. The monoisotopic (exact) mass is 458 g/mol. The van der Waals surface area contributed by atoms with Crippen LogP contribution < -0.4 is 0 Å². The fourth-order valence-electron chi connectivity index (χ4n) is 4.83. The molecule has 2 saturated heterocycles. The first-order valence-electron chi connectivity index (χ1n) is 10.9. The van der Waals surface area contributed by atoms with Crippen LogP contribution >= 0.6 is 0 Å². The van der Waals surface area contributed by atoms with Gasteiger partial charge in [-0.1, -0.05) is 9.37 Å². The maximum atomic E-state index is 13.1. The van der Waals surface area contributed by atoms with E-state index >= 15 is 0 Å². The standard InChI is InChI=1S/C21H26N6O4S/c1-13-19(14(2)31-25-13)32(29,30)27-9-5-15(6-10-27)21(28)26-8-4-16(12-26)20-23-17-3-7-22-11-18(17)24-20/h3,7,11,15-16H,4-6,8-10,12H2,1-2H3,(H-,22,23,24,29,30). The highest BCUT2D eigenvalue weighted by Crippen LogP contribution is 2.33. The van der Waals surface area contributed by atoms with Crippen molar-refractivity contribution >= 4 is 27.3 Å². The number of imidazole rings is 1. The van der Waals surface area contributed by atoms with Crippen LogP contribution in [0.3, 0.4) is 0 Å². The Kier molecular flexibility index (Phi) is 5.34. The van der Waals surface area contributed by atoms with E-state index in [0.29, 0.717) is 50.5 Å². The summed E-state index contributed by atoms with van der Waals surface area (Å²) in [5, 5.41) is 3.77. The van der Waals surface area contributed by atoms with Gasteiger partial charge >= 0.3 is 0 Å². The number of carbonyl (C=O) groups is 1. The number of pyridine rings is 1. The number of hydrogen-bond donors (Lipinski definition) is 1. The van der Waals surface area contributed by atoms with Gasteiger partial charge in [-0.15, -0.1) is 4.31 Å². The molecule has 2 atom stereocenters. The molecule has 5 rings (SSSR count). The third-order valence-corrected chi connectivity index (χ3v) is 8.70. The molecule has 0 bridgehead atoms. The average molecular weight is 459 g/mol. The summed E-state index contributed by atoms with van der Waals surface area (Å²) in [6.45, 7) is 5.18. The molecule has 1 N–H and O–H groups in total. The van der Waals surface area contributed by atoms with E-state index in [4.69, 9.17) is 4.52 Å². The molecule has 0 radical (unpaired) electrons. The number of hydrogen-bond acceptors (Lipinski definition) is 7. The fraction of sp³-hybridized carbons (Fsp3) is 0.524. The number of amides is 1. The smallest absolute Gasteiger partial charge is 0.240 e. The summed E-state index contributed by atoms with van der Waals surface area (Å²) >= 11 is 0. The molecule has 3 aromatic rings. The molecule has 0 spiro atoms. The Hall–Kier alpha value is -2.63. The Balaban J connectivity index is 1.21. The van der Waals surface area contributed by atoms with Gasteiger partial charge in [0.25, 0.3) is 0 Å². The summed E-state index contributed by atoms with van der Waals surface area (Å²) in [5.74, 6) is 1.31. The molecule has 2 fully saturated rings. The Morgan fingerprint density at radius 3 is 2.72 bits per heavy atom. The van der Waals surface area contributed by atoms with Crippen molar-refractivity contribution < 1.29 is 18.1 Å². The molecule has 2 unspecified atom stereocenters. The summed E-state index contributed by atoms with van der Waals surface area (Å²) in [6.07, 6.45) is 5.36. The van der Waals surface area contributed by atoms with Gasteiger partial charge in [0.15, 0.2) is 16.2 Å². The fourth-order valence-corrected chi connectivity index (χ4v) is 6.59. The van der Waals surface area contributed by atoms with Crippen LogP contribution in [0.4, 0.5) is 0 Å². The Morgan fingerprint density at radius 2 is 2.03 bits per heavy atom. The molecule has 2 aliphatic rings. The number of sulfonamides is 1. The predicted molar refractivity (Wildman–Crippen MR) is 115 cm³/mol. The highest BCUT2D eigenvalue weighted by molar-refractivity contribution is 7.95. The molecule has 11 heteroatoms. The number of piperidine rings is 1. The van der Waals surface area contributed by atoms with Crippen LogP contribution in [-0.2, 0) is 19.4 Å². The van der Waals surface area contributed by atoms with Crippen LogP contribution in [0.2, 0.25) is 0 Å². The molecule has 32 heavy (non-hydrogen) atoms. The molecule has 0 aliphatic carbocycles. The Bertz CT molecular complexity index is 1150. The SMILES string of the molecule is Cc1noc(C)c1[S+](=O)([O-])N1CCC(C(=O)N2CCC(c3nc4ccncc4[nH]3)C2)CC1. The summed E-state index contributed by atoms with van der Waals surface area (Å²) in [6, 6.07) is 1.87. The zero-order valence-electron chi connectivity index (χ0n) is 18.1. The molecular weight excluding hydrogens is 432 g/mol. The maximum Gasteiger partial charge on any atom is 0.240 e. The molecule has 0 saturated carbocycles. The topological polar surface area (TPSA) is 131 Å². The van der Waals surface area contributed by atoms with E-state index in [-0.39, 0.29) is 22.6 Å². The summed E-state index contributed by atoms with van der Waals surface area (Å²) in [5.41, 5.74) is 2.15. The van der Waals surface area contributed by atoms with Gasteiger partial charge in [0.1, 0.15) is 11.5 Å². The zero-order chi connectivity index (χ0) is 22.5. The molecule has 2 aliphatic heterocycles. The lowest BCUT2D eigenvalue weighted by molar-refractivity contribution is -0.135. The normalized spacial score (nSPS) is 22.5. The number of nitrogens with one attached hydrogen (secondary N) is 1. The molecule has 5 heterocycles. The third kappa shape index (κ3) is 3.63. The van der Waals surface area contributed by atoms with E-state index in [0.717, 1.165) is 23.3 Å². The lowest BCUT2D eigenvalue weighted by Crippen LogP contribution is -2.46. The Morgan fingerprint density at radius 1 is 1.25 bits per heavy atom. The van der Waals surface area contributed by atoms with Crippen LogP contribution in [-0.4, -0.2) is 66.0 Å². The first kappa shape index (κ1) is 21.2. The van der Waals surface area contributed by atoms with Crippen LogP contribution in [0.15, 0.2) is 27.9 Å². The zero-order valence-corrected chi connectivity index (χ0v) is 18.9. The number of carbonyl (C=O) groups excluding carboxylic acids is 1. The van der Waals surface area contributed by atoms with Gasteiger partial charge in [-0.05, 0) is 32.3 Å². The highest BCUT2D eigenvalue weighted by Gasteiger charge is 2.41. The van der Waals surface area contributed by atoms with Gasteiger partial charge in [0.2, 0.25) is 10.8 Å². The van der Waals surface area contributed by atoms with Crippen molar-refractivity contribution in [3.63, 3.8) is 0 Å². The van der Waals surface area contributed by atoms with Gasteiger partial charge in [-0.3, -0.25) is 9.78 Å². The second-order valence-electron chi connectivity index (χ2n) is 8.62. The summed E-state index contributed by atoms with van der Waals surface area (Å²) < 4.78 is 32.5. The highest BCUT2D eigenvalue weighted by atomic mass is 32.3. The number of aromatic amines is 1. The largest absolute Gasteiger partial charge is 0.593 e. The van der Waals surface area contributed by atoms with Gasteiger partial charge < -0.3 is 19.0 Å². The van der Waals surface area contributed by atoms with E-state index < -0.39 is 10.4 Å². The van der Waals surface area contributed by atoms with Gasteiger partial charge in [0.05, 0.1) is 17.2 Å². The Labute approximate surface area is 186 Å². The van der Waals surface area contributed by atoms with Crippen molar-refractivity contribution in [3.8, 4) is 0 Å². The molecule has 10 nitrogen and oxygen atoms in total. The molecule has 0 aromatic carbocycles. The first-order valence-corrected chi connectivity index (χ1v) is 12.3. The van der Waals surface area contributed by atoms with Gasteiger partial charge in [-0.25, -0.2) is 4.98 Å². The van der Waals surface area contributed by atoms with E-state index in [9.17, 15) is 13.6 Å². The van der Waals surface area contributed by atoms with E-state index in [1.807, 2.05) is 11.0 Å². The minimum Gasteiger partial charge on any atom is -0.593 e. The minimum absolute atomic E-state index is 0.111. The van der Waals surface area contributed by atoms with E-state index in [1.54, 1.807) is 26.2 Å². The van der Waals surface area contributed by atoms with Crippen molar-refractivity contribution in [3.05, 3.63) is 35.7 Å². The van der Waals surface area contributed by atoms with Gasteiger partial charge in [0, 0.05) is 51.1 Å². The van der Waals surface area contributed by atoms with Crippen molar-refractivity contribution in [2.75, 3.05) is 26.2 Å². The van der Waals surface area contributed by atoms with Crippen LogP contribution in [0.1, 0.15) is 42.5 Å². The number of rotatable bonds is 4. The molecule has 1 amide bonds. The van der Waals surface area contributed by atoms with Crippen molar-refractivity contribution in [1.29, 1.82) is 0 Å². The quantitative estimate of drug-likeness (QED) is 0.593. The summed E-state index contributed by atoms with van der Waals surface area (Å²) in [7, 11) is -3.67. The number of fused-ring (bicyclic) bond motifs is 1. The van der Waals surface area contributed by atoms with Crippen molar-refractivity contribution in [2.45, 2.75) is 43.9 Å². The van der Waals surface area contributed by atoms with Crippen molar-refractivity contribution in [2.24, 2.45) is 5.92 Å². The summed E-state index contributed by atoms with van der Waals surface area (Å²) in [4.78, 5) is 27.3. The maximum absolute atomic E-state index is 13.1. The lowest BCUT2D eigenvalue weighted by atomic mass is 9.96. The van der Waals surface area contributed by atoms with Crippen LogP contribution in [0, 0.1) is 19.8 Å². The number of H-pyrrole nitrogens is 1. The van der Waals surface area contributed by atoms with Crippen molar-refractivity contribution in [1.82, 2.24) is 29.3 Å². The minimum atomic E-state index is -3.67. The van der Waals surface area contributed by atoms with Crippen LogP contribution in [0.25, 0.3) is 11.0 Å². The second-order valence-corrected chi connectivity index (χ2v) is 10.5. The predicted octanol–water partition coefficient (Wildman–Crippen LogP) is 2.19. The van der Waals surface area contributed by atoms with Crippen LogP contribution in [0.5, 0.6) is 0 Å². The molecular formula is C21H26N6O4S. The number of likely N-dealkylation sites (tertiary alicyclic amines) is 1. The van der Waals surface area contributed by atoms with E-state index in [2.05, 4.69) is 20.1 Å². The third-order valence-electron chi connectivity index (χ3n) is 6.56. The number of aryl methyl sites for hydroxylation is 2. The van der Waals surface area contributed by atoms with E-state index in [1.165, 1.54) is 4.31 Å². The average Bonchev–Trinajstić information content (AvgIpc) is 3.51. The second kappa shape index (κ2) is 8.05. The lowest BCUT2D eigenvalue weighted by Gasteiger charge is -2.34. The number of nitrogens with zero attached hydrogens (tertiary/aromatic N) is 5. The van der Waals surface area contributed by atoms with Gasteiger partial charge in [-0.2, -0.15) is 0 Å². The molecule has 170 valence electrons. The molecule has 3 aromatic heterocycles. The first-order chi connectivity index (χ1) is 15.3.